The minimum atomic E-state index is 0.259. The van der Waals surface area contributed by atoms with Gasteiger partial charge in [0.1, 0.15) is 17.8 Å². The number of fused-ring (bicyclic) bond motifs is 1. The SMILES string of the molecule is C=C1c2cc(-c3cc(C)cc(NC)c3)ccc2CN1c1cccc(-c2nncn2C(C)C)n1. The van der Waals surface area contributed by atoms with Crippen LogP contribution in [0.2, 0.25) is 0 Å². The molecular weight excluding hydrogens is 408 g/mol. The summed E-state index contributed by atoms with van der Waals surface area (Å²) in [5.41, 5.74) is 8.91. The van der Waals surface area contributed by atoms with E-state index in [0.717, 1.165) is 40.8 Å². The number of aryl methyl sites for hydroxylation is 1. The summed E-state index contributed by atoms with van der Waals surface area (Å²) < 4.78 is 2.03. The monoisotopic (exact) mass is 436 g/mol. The van der Waals surface area contributed by atoms with Crippen LogP contribution in [0.15, 0.2) is 67.5 Å². The zero-order valence-electron chi connectivity index (χ0n) is 19.5. The van der Waals surface area contributed by atoms with E-state index in [1.54, 1.807) is 6.33 Å². The first-order valence-electron chi connectivity index (χ1n) is 11.2. The van der Waals surface area contributed by atoms with Crippen molar-refractivity contribution in [1.82, 2.24) is 19.7 Å². The van der Waals surface area contributed by atoms with Gasteiger partial charge in [0.2, 0.25) is 0 Å². The van der Waals surface area contributed by atoms with Crippen molar-refractivity contribution in [1.29, 1.82) is 0 Å². The molecule has 3 heterocycles. The van der Waals surface area contributed by atoms with Gasteiger partial charge in [-0.3, -0.25) is 0 Å². The molecule has 6 nitrogen and oxygen atoms in total. The molecule has 2 aromatic heterocycles. The van der Waals surface area contributed by atoms with Gasteiger partial charge >= 0.3 is 0 Å². The van der Waals surface area contributed by atoms with Gasteiger partial charge in [0.25, 0.3) is 0 Å². The largest absolute Gasteiger partial charge is 0.388 e. The molecule has 1 aliphatic heterocycles. The summed E-state index contributed by atoms with van der Waals surface area (Å²) in [6.45, 7) is 11.5. The maximum absolute atomic E-state index is 4.92. The number of hydrogen-bond donors (Lipinski definition) is 1. The Morgan fingerprint density at radius 1 is 1.03 bits per heavy atom. The maximum atomic E-state index is 4.92. The molecule has 0 aliphatic carbocycles. The molecule has 0 saturated carbocycles. The van der Waals surface area contributed by atoms with Crippen molar-refractivity contribution in [3.63, 3.8) is 0 Å². The lowest BCUT2D eigenvalue weighted by molar-refractivity contribution is 0.603. The first kappa shape index (κ1) is 20.9. The van der Waals surface area contributed by atoms with Crippen molar-refractivity contribution in [2.75, 3.05) is 17.3 Å². The van der Waals surface area contributed by atoms with E-state index in [1.165, 1.54) is 22.3 Å². The van der Waals surface area contributed by atoms with Crippen LogP contribution >= 0.6 is 0 Å². The van der Waals surface area contributed by atoms with Crippen molar-refractivity contribution < 1.29 is 0 Å². The number of anilines is 2. The molecule has 0 unspecified atom stereocenters. The number of pyridine rings is 1. The molecule has 5 rings (SSSR count). The summed E-state index contributed by atoms with van der Waals surface area (Å²) in [5, 5.41) is 11.6. The number of benzene rings is 2. The standard InChI is InChI=1S/C27H28N6/c1-17(2)33-16-29-31-27(33)25-7-6-8-26(30-25)32-15-21-10-9-20(14-24(21)19(32)4)22-11-18(3)12-23(13-22)28-5/h6-14,16-17,28H,4,15H2,1-3,5H3. The third kappa shape index (κ3) is 3.78. The lowest BCUT2D eigenvalue weighted by atomic mass is 9.98. The molecule has 0 radical (unpaired) electrons. The predicted octanol–water partition coefficient (Wildman–Crippen LogP) is 5.93. The van der Waals surface area contributed by atoms with Crippen LogP contribution in [-0.2, 0) is 6.54 Å². The molecule has 1 aliphatic rings. The molecule has 4 aromatic rings. The smallest absolute Gasteiger partial charge is 0.182 e. The molecule has 0 fully saturated rings. The van der Waals surface area contributed by atoms with Gasteiger partial charge in [-0.15, -0.1) is 10.2 Å². The summed E-state index contributed by atoms with van der Waals surface area (Å²) >= 11 is 0. The number of rotatable bonds is 5. The summed E-state index contributed by atoms with van der Waals surface area (Å²) in [6, 6.07) is 19.5. The summed E-state index contributed by atoms with van der Waals surface area (Å²) in [6.07, 6.45) is 1.76. The second kappa shape index (κ2) is 8.20. The Morgan fingerprint density at radius 3 is 2.67 bits per heavy atom. The highest BCUT2D eigenvalue weighted by Gasteiger charge is 2.25. The highest BCUT2D eigenvalue weighted by Crippen LogP contribution is 2.38. The van der Waals surface area contributed by atoms with E-state index in [9.17, 15) is 0 Å². The van der Waals surface area contributed by atoms with Crippen LogP contribution in [0.1, 0.15) is 36.6 Å². The predicted molar refractivity (Wildman–Crippen MR) is 135 cm³/mol. The summed E-state index contributed by atoms with van der Waals surface area (Å²) in [7, 11) is 1.95. The van der Waals surface area contributed by atoms with Gasteiger partial charge in [-0.2, -0.15) is 0 Å². The number of nitrogens with zero attached hydrogens (tertiary/aromatic N) is 5. The zero-order chi connectivity index (χ0) is 23.1. The van der Waals surface area contributed by atoms with E-state index in [0.29, 0.717) is 0 Å². The van der Waals surface area contributed by atoms with E-state index < -0.39 is 0 Å². The fourth-order valence-electron chi connectivity index (χ4n) is 4.39. The first-order valence-corrected chi connectivity index (χ1v) is 11.2. The van der Waals surface area contributed by atoms with Gasteiger partial charge < -0.3 is 14.8 Å². The second-order valence-electron chi connectivity index (χ2n) is 8.78. The van der Waals surface area contributed by atoms with Crippen molar-refractivity contribution in [3.05, 3.63) is 84.2 Å². The normalized spacial score (nSPS) is 13.0. The minimum absolute atomic E-state index is 0.259. The van der Waals surface area contributed by atoms with E-state index in [4.69, 9.17) is 4.98 Å². The summed E-state index contributed by atoms with van der Waals surface area (Å²) in [4.78, 5) is 7.09. The fraction of sp³-hybridized carbons (Fsp3) is 0.222. The summed E-state index contributed by atoms with van der Waals surface area (Å²) in [5.74, 6) is 1.64. The van der Waals surface area contributed by atoms with E-state index >= 15 is 0 Å². The van der Waals surface area contributed by atoms with Crippen LogP contribution in [0, 0.1) is 6.92 Å². The quantitative estimate of drug-likeness (QED) is 0.420. The Kier molecular flexibility index (Phi) is 5.21. The molecule has 2 aromatic carbocycles. The van der Waals surface area contributed by atoms with Crippen molar-refractivity contribution >= 4 is 17.2 Å². The van der Waals surface area contributed by atoms with Gasteiger partial charge in [0, 0.05) is 30.0 Å². The highest BCUT2D eigenvalue weighted by atomic mass is 15.3. The first-order chi connectivity index (χ1) is 15.9. The average Bonchev–Trinajstić information content (AvgIpc) is 3.44. The Morgan fingerprint density at radius 2 is 1.88 bits per heavy atom. The second-order valence-corrected chi connectivity index (χ2v) is 8.78. The van der Waals surface area contributed by atoms with Gasteiger partial charge in [-0.05, 0) is 73.4 Å². The zero-order valence-corrected chi connectivity index (χ0v) is 19.5. The van der Waals surface area contributed by atoms with Crippen LogP contribution in [-0.4, -0.2) is 26.8 Å². The van der Waals surface area contributed by atoms with Crippen LogP contribution in [0.25, 0.3) is 28.3 Å². The number of aromatic nitrogens is 4. The average molecular weight is 437 g/mol. The third-order valence-corrected chi connectivity index (χ3v) is 6.14. The van der Waals surface area contributed by atoms with Gasteiger partial charge in [-0.25, -0.2) is 4.98 Å². The molecule has 0 saturated heterocycles. The molecule has 6 heteroatoms. The van der Waals surface area contributed by atoms with Gasteiger partial charge in [-0.1, -0.05) is 30.8 Å². The molecule has 0 atom stereocenters. The lowest BCUT2D eigenvalue weighted by Gasteiger charge is -2.19. The fourth-order valence-corrected chi connectivity index (χ4v) is 4.39. The number of nitrogens with one attached hydrogen (secondary N) is 1. The Balaban J connectivity index is 1.48. The van der Waals surface area contributed by atoms with Crippen LogP contribution in [0.5, 0.6) is 0 Å². The van der Waals surface area contributed by atoms with Gasteiger partial charge in [0.05, 0.1) is 6.54 Å². The van der Waals surface area contributed by atoms with E-state index in [1.807, 2.05) is 29.8 Å². The molecule has 166 valence electrons. The molecule has 0 bridgehead atoms. The highest BCUT2D eigenvalue weighted by molar-refractivity contribution is 5.85. The molecule has 0 amide bonds. The Bertz CT molecular complexity index is 1350. The van der Waals surface area contributed by atoms with E-state index in [-0.39, 0.29) is 6.04 Å². The molecule has 0 spiro atoms. The van der Waals surface area contributed by atoms with Gasteiger partial charge in [0.15, 0.2) is 5.82 Å². The Hall–Kier alpha value is -3.93. The minimum Gasteiger partial charge on any atom is -0.388 e. The van der Waals surface area contributed by atoms with Crippen molar-refractivity contribution in [2.24, 2.45) is 0 Å². The topological polar surface area (TPSA) is 58.9 Å². The van der Waals surface area contributed by atoms with Crippen LogP contribution in [0.3, 0.4) is 0 Å². The molecule has 33 heavy (non-hydrogen) atoms. The van der Waals surface area contributed by atoms with E-state index in [2.05, 4.69) is 84.2 Å². The molecule has 1 N–H and O–H groups in total. The van der Waals surface area contributed by atoms with Crippen molar-refractivity contribution in [2.45, 2.75) is 33.4 Å². The van der Waals surface area contributed by atoms with Crippen molar-refractivity contribution in [3.8, 4) is 22.6 Å². The van der Waals surface area contributed by atoms with Crippen LogP contribution in [0.4, 0.5) is 11.5 Å². The lowest BCUT2D eigenvalue weighted by Crippen LogP contribution is -2.15. The number of hydrogen-bond acceptors (Lipinski definition) is 5. The maximum Gasteiger partial charge on any atom is 0.182 e. The molecular formula is C27H28N6. The van der Waals surface area contributed by atoms with Crippen LogP contribution < -0.4 is 10.2 Å². The third-order valence-electron chi connectivity index (χ3n) is 6.14. The Labute approximate surface area is 194 Å².